The van der Waals surface area contributed by atoms with Crippen LogP contribution in [0.25, 0.3) is 21.3 Å². The summed E-state index contributed by atoms with van der Waals surface area (Å²) in [6, 6.07) is 7.99. The number of aryl methyl sites for hydroxylation is 2. The number of nitrogens with one attached hydrogen (secondary N) is 2. The lowest BCUT2D eigenvalue weighted by Gasteiger charge is -2.17. The molecule has 0 aliphatic heterocycles. The molecule has 4 aromatic rings. The van der Waals surface area contributed by atoms with Crippen LogP contribution in [0.3, 0.4) is 0 Å². The van der Waals surface area contributed by atoms with Crippen LogP contribution in [0, 0.1) is 0 Å². The summed E-state index contributed by atoms with van der Waals surface area (Å²) in [6.45, 7) is 4.55. The molecule has 0 saturated carbocycles. The zero-order valence-electron chi connectivity index (χ0n) is 16.1. The standard InChI is InChI=1S/C21H23N5OS/c1-12(2)26-20(27)18-13-7-3-6-10-16(13)28-19(18)25-21(26)22-11-17-23-14-8-4-5-9-15(14)24-17/h4-5,8-9,12H,3,6-7,10-11H2,1-2H3,(H,22,25)(H,23,24). The zero-order chi connectivity index (χ0) is 19.3. The molecule has 5 rings (SSSR count). The van der Waals surface area contributed by atoms with Crippen LogP contribution < -0.4 is 10.9 Å². The largest absolute Gasteiger partial charge is 0.348 e. The molecule has 0 unspecified atom stereocenters. The Morgan fingerprint density at radius 1 is 1.21 bits per heavy atom. The fraction of sp³-hybridized carbons (Fsp3) is 0.381. The summed E-state index contributed by atoms with van der Waals surface area (Å²) in [4.78, 5) is 28.3. The van der Waals surface area contributed by atoms with Gasteiger partial charge >= 0.3 is 0 Å². The lowest BCUT2D eigenvalue weighted by Crippen LogP contribution is -2.27. The first-order valence-corrected chi connectivity index (χ1v) is 10.7. The van der Waals surface area contributed by atoms with E-state index in [4.69, 9.17) is 4.98 Å². The van der Waals surface area contributed by atoms with Crippen LogP contribution in [0.15, 0.2) is 29.1 Å². The van der Waals surface area contributed by atoms with Crippen molar-refractivity contribution in [3.8, 4) is 0 Å². The SMILES string of the molecule is CC(C)n1c(NCc2nc3ccccc3[nH]2)nc2sc3c(c2c1=O)CCCC3. The van der Waals surface area contributed by atoms with Gasteiger partial charge in [0.05, 0.1) is 23.0 Å². The predicted molar refractivity (Wildman–Crippen MR) is 114 cm³/mol. The van der Waals surface area contributed by atoms with Gasteiger partial charge in [-0.05, 0) is 57.2 Å². The number of hydrogen-bond acceptors (Lipinski definition) is 5. The number of aromatic amines is 1. The molecule has 3 heterocycles. The van der Waals surface area contributed by atoms with Crippen LogP contribution in [-0.2, 0) is 19.4 Å². The Labute approximate surface area is 166 Å². The summed E-state index contributed by atoms with van der Waals surface area (Å²) >= 11 is 1.69. The van der Waals surface area contributed by atoms with Crippen LogP contribution in [0.5, 0.6) is 0 Å². The molecule has 0 spiro atoms. The second kappa shape index (κ2) is 6.74. The highest BCUT2D eigenvalue weighted by Gasteiger charge is 2.23. The van der Waals surface area contributed by atoms with Crippen LogP contribution >= 0.6 is 11.3 Å². The molecule has 144 valence electrons. The van der Waals surface area contributed by atoms with Gasteiger partial charge in [-0.25, -0.2) is 9.97 Å². The first-order chi connectivity index (χ1) is 13.6. The van der Waals surface area contributed by atoms with Crippen molar-refractivity contribution in [2.24, 2.45) is 0 Å². The van der Waals surface area contributed by atoms with Gasteiger partial charge < -0.3 is 10.3 Å². The second-order valence-electron chi connectivity index (χ2n) is 7.65. The van der Waals surface area contributed by atoms with E-state index in [0.29, 0.717) is 12.5 Å². The van der Waals surface area contributed by atoms with Crippen molar-refractivity contribution in [1.29, 1.82) is 0 Å². The van der Waals surface area contributed by atoms with Crippen molar-refractivity contribution in [1.82, 2.24) is 19.5 Å². The van der Waals surface area contributed by atoms with Gasteiger partial charge in [-0.1, -0.05) is 12.1 Å². The number of rotatable bonds is 4. The van der Waals surface area contributed by atoms with E-state index in [-0.39, 0.29) is 11.6 Å². The number of H-pyrrole nitrogens is 1. The molecule has 0 bridgehead atoms. The van der Waals surface area contributed by atoms with Gasteiger partial charge in [-0.3, -0.25) is 9.36 Å². The molecule has 0 saturated heterocycles. The number of anilines is 1. The number of para-hydroxylation sites is 2. The molecule has 1 aliphatic rings. The second-order valence-corrected chi connectivity index (χ2v) is 8.73. The number of hydrogen-bond donors (Lipinski definition) is 2. The van der Waals surface area contributed by atoms with E-state index in [9.17, 15) is 4.79 Å². The Kier molecular flexibility index (Phi) is 4.19. The number of nitrogens with zero attached hydrogens (tertiary/aromatic N) is 3. The fourth-order valence-electron chi connectivity index (χ4n) is 4.07. The molecule has 6 nitrogen and oxygen atoms in total. The van der Waals surface area contributed by atoms with Crippen LogP contribution in [0.2, 0.25) is 0 Å². The van der Waals surface area contributed by atoms with Gasteiger partial charge in [-0.15, -0.1) is 11.3 Å². The van der Waals surface area contributed by atoms with E-state index in [1.807, 2.05) is 38.1 Å². The molecule has 1 aromatic carbocycles. The van der Waals surface area contributed by atoms with E-state index >= 15 is 0 Å². The molecule has 0 fully saturated rings. The average molecular weight is 394 g/mol. The smallest absolute Gasteiger partial charge is 0.264 e. The lowest BCUT2D eigenvalue weighted by atomic mass is 9.97. The molecule has 28 heavy (non-hydrogen) atoms. The fourth-order valence-corrected chi connectivity index (χ4v) is 5.33. The van der Waals surface area contributed by atoms with Crippen molar-refractivity contribution in [2.75, 3.05) is 5.32 Å². The minimum Gasteiger partial charge on any atom is -0.348 e. The number of thiophene rings is 1. The number of imidazole rings is 1. The van der Waals surface area contributed by atoms with Gasteiger partial charge in [0.2, 0.25) is 5.95 Å². The minimum absolute atomic E-state index is 0.0294. The summed E-state index contributed by atoms with van der Waals surface area (Å²) in [5, 5.41) is 4.19. The minimum atomic E-state index is 0.0294. The van der Waals surface area contributed by atoms with Gasteiger partial charge in [0, 0.05) is 10.9 Å². The summed E-state index contributed by atoms with van der Waals surface area (Å²) in [5.74, 6) is 1.45. The Morgan fingerprint density at radius 3 is 2.86 bits per heavy atom. The van der Waals surface area contributed by atoms with Crippen molar-refractivity contribution in [2.45, 2.75) is 52.1 Å². The zero-order valence-corrected chi connectivity index (χ0v) is 16.9. The number of fused-ring (bicyclic) bond motifs is 4. The molecule has 1 aliphatic carbocycles. The maximum atomic E-state index is 13.3. The van der Waals surface area contributed by atoms with Gasteiger partial charge in [0.15, 0.2) is 0 Å². The molecular formula is C21H23N5OS. The molecule has 7 heteroatoms. The Bertz CT molecular complexity index is 1200. The number of aromatic nitrogens is 4. The number of benzene rings is 1. The molecule has 2 N–H and O–H groups in total. The molecule has 0 amide bonds. The van der Waals surface area contributed by atoms with E-state index in [1.54, 1.807) is 15.9 Å². The third-order valence-corrected chi connectivity index (χ3v) is 6.58. The van der Waals surface area contributed by atoms with Gasteiger partial charge in [0.1, 0.15) is 10.7 Å². The third-order valence-electron chi connectivity index (χ3n) is 5.39. The average Bonchev–Trinajstić information content (AvgIpc) is 3.26. The van der Waals surface area contributed by atoms with E-state index in [2.05, 4.69) is 15.3 Å². The van der Waals surface area contributed by atoms with Crippen LogP contribution in [0.4, 0.5) is 5.95 Å². The highest BCUT2D eigenvalue weighted by molar-refractivity contribution is 7.18. The highest BCUT2D eigenvalue weighted by atomic mass is 32.1. The van der Waals surface area contributed by atoms with Gasteiger partial charge in [0.25, 0.3) is 5.56 Å². The normalized spacial score (nSPS) is 14.1. The molecular weight excluding hydrogens is 370 g/mol. The van der Waals surface area contributed by atoms with Crippen LogP contribution in [0.1, 0.15) is 49.0 Å². The van der Waals surface area contributed by atoms with Crippen molar-refractivity contribution < 1.29 is 0 Å². The Hall–Kier alpha value is -2.67. The highest BCUT2D eigenvalue weighted by Crippen LogP contribution is 2.34. The monoisotopic (exact) mass is 393 g/mol. The summed E-state index contributed by atoms with van der Waals surface area (Å²) in [5.41, 5.74) is 3.26. The molecule has 0 radical (unpaired) electrons. The maximum absolute atomic E-state index is 13.3. The van der Waals surface area contributed by atoms with E-state index in [1.165, 1.54) is 16.9 Å². The summed E-state index contributed by atoms with van der Waals surface area (Å²) in [6.07, 6.45) is 4.43. The summed E-state index contributed by atoms with van der Waals surface area (Å²) in [7, 11) is 0. The van der Waals surface area contributed by atoms with Crippen LogP contribution in [-0.4, -0.2) is 19.5 Å². The van der Waals surface area contributed by atoms with Crippen molar-refractivity contribution in [3.63, 3.8) is 0 Å². The predicted octanol–water partition coefficient (Wildman–Crippen LogP) is 4.41. The first-order valence-electron chi connectivity index (χ1n) is 9.86. The van der Waals surface area contributed by atoms with Crippen molar-refractivity contribution >= 4 is 38.5 Å². The van der Waals surface area contributed by atoms with Crippen molar-refractivity contribution in [3.05, 3.63) is 50.9 Å². The Morgan fingerprint density at radius 2 is 2.04 bits per heavy atom. The molecule has 0 atom stereocenters. The van der Waals surface area contributed by atoms with E-state index in [0.717, 1.165) is 46.3 Å². The Balaban J connectivity index is 1.56. The lowest BCUT2D eigenvalue weighted by molar-refractivity contribution is 0.578. The quantitative estimate of drug-likeness (QED) is 0.539. The van der Waals surface area contributed by atoms with Gasteiger partial charge in [-0.2, -0.15) is 0 Å². The molecule has 3 aromatic heterocycles. The topological polar surface area (TPSA) is 75.6 Å². The van der Waals surface area contributed by atoms with E-state index < -0.39 is 0 Å². The first kappa shape index (κ1) is 17.4. The maximum Gasteiger partial charge on any atom is 0.264 e. The summed E-state index contributed by atoms with van der Waals surface area (Å²) < 4.78 is 1.78. The third kappa shape index (κ3) is 2.81.